The second kappa shape index (κ2) is 9.91. The molecule has 4 unspecified atom stereocenters. The number of ether oxygens (including phenoxy) is 1. The number of hydrogen-bond acceptors (Lipinski definition) is 8. The zero-order chi connectivity index (χ0) is 20.1. The van der Waals surface area contributed by atoms with Gasteiger partial charge in [-0.2, -0.15) is 0 Å². The molecule has 0 aromatic rings. The van der Waals surface area contributed by atoms with Crippen LogP contribution in [0.5, 0.6) is 0 Å². The topological polar surface area (TPSA) is 112 Å². The number of nitrogens with one attached hydrogen (secondary N) is 4. The van der Waals surface area contributed by atoms with Gasteiger partial charge in [0, 0.05) is 19.6 Å². The van der Waals surface area contributed by atoms with Gasteiger partial charge in [-0.3, -0.25) is 25.6 Å². The van der Waals surface area contributed by atoms with Crippen LogP contribution < -0.4 is 21.4 Å². The van der Waals surface area contributed by atoms with E-state index in [0.717, 1.165) is 18.7 Å². The molecule has 3 fully saturated rings. The molecule has 158 valence electrons. The van der Waals surface area contributed by atoms with Crippen molar-refractivity contribution in [3.05, 3.63) is 0 Å². The van der Waals surface area contributed by atoms with Crippen molar-refractivity contribution in [3.8, 4) is 0 Å². The first-order valence-corrected chi connectivity index (χ1v) is 11.2. The van der Waals surface area contributed by atoms with Crippen LogP contribution in [0.1, 0.15) is 39.5 Å². The van der Waals surface area contributed by atoms with E-state index in [9.17, 15) is 14.4 Å². The number of amides is 3. The fourth-order valence-electron chi connectivity index (χ4n) is 3.86. The summed E-state index contributed by atoms with van der Waals surface area (Å²) in [6.07, 6.45) is 2.47. The molecule has 0 spiro atoms. The van der Waals surface area contributed by atoms with Gasteiger partial charge in [0.2, 0.25) is 11.8 Å². The Kier molecular flexibility index (Phi) is 7.55. The van der Waals surface area contributed by atoms with Gasteiger partial charge in [0.1, 0.15) is 6.10 Å². The van der Waals surface area contributed by atoms with Crippen LogP contribution in [0.25, 0.3) is 0 Å². The molecule has 3 amide bonds. The standard InChI is InChI=1S/C18H31N5O4S/c1-3-12(4-2)27-18(26)22-16(25)13-6-8-28-17(13)21-15(24)11-9-19-14-5-7-20-23(14)10-11/h11-14,17,19-20H,3-10H2,1-2H3,(H,21,24)(H,22,25,26). The van der Waals surface area contributed by atoms with Crippen LogP contribution in [0.2, 0.25) is 0 Å². The minimum atomic E-state index is -0.705. The summed E-state index contributed by atoms with van der Waals surface area (Å²) in [5.74, 6) is -0.279. The molecule has 0 aliphatic carbocycles. The highest BCUT2D eigenvalue weighted by Crippen LogP contribution is 2.31. The summed E-state index contributed by atoms with van der Waals surface area (Å²) in [6.45, 7) is 6.06. The molecule has 3 aliphatic rings. The van der Waals surface area contributed by atoms with Crippen LogP contribution in [-0.4, -0.2) is 65.9 Å². The van der Waals surface area contributed by atoms with Crippen LogP contribution >= 0.6 is 11.8 Å². The van der Waals surface area contributed by atoms with Crippen LogP contribution in [0.4, 0.5) is 4.79 Å². The molecule has 0 bridgehead atoms. The number of fused-ring (bicyclic) bond motifs is 1. The first-order chi connectivity index (χ1) is 13.5. The van der Waals surface area contributed by atoms with E-state index in [-0.39, 0.29) is 29.2 Å². The number of nitrogens with zero attached hydrogens (tertiary/aromatic N) is 1. The van der Waals surface area contributed by atoms with E-state index in [0.29, 0.717) is 38.5 Å². The summed E-state index contributed by atoms with van der Waals surface area (Å²) in [5, 5.41) is 10.5. The highest BCUT2D eigenvalue weighted by atomic mass is 32.2. The Morgan fingerprint density at radius 3 is 2.75 bits per heavy atom. The lowest BCUT2D eigenvalue weighted by atomic mass is 10.0. The fourth-order valence-corrected chi connectivity index (χ4v) is 5.19. The minimum Gasteiger partial charge on any atom is -0.446 e. The average molecular weight is 414 g/mol. The van der Waals surface area contributed by atoms with Crippen LogP contribution in [0, 0.1) is 11.8 Å². The van der Waals surface area contributed by atoms with Gasteiger partial charge in [-0.25, -0.2) is 9.80 Å². The molecule has 0 aromatic carbocycles. The minimum absolute atomic E-state index is 0.0588. The third-order valence-electron chi connectivity index (χ3n) is 5.62. The summed E-state index contributed by atoms with van der Waals surface area (Å²) in [6, 6.07) is 0. The predicted octanol–water partition coefficient (Wildman–Crippen LogP) is 0.379. The van der Waals surface area contributed by atoms with Crippen molar-refractivity contribution in [1.82, 2.24) is 26.4 Å². The average Bonchev–Trinajstić information content (AvgIpc) is 3.34. The van der Waals surface area contributed by atoms with E-state index in [4.69, 9.17) is 4.74 Å². The molecule has 0 radical (unpaired) electrons. The van der Waals surface area contributed by atoms with Gasteiger partial charge >= 0.3 is 6.09 Å². The number of alkyl carbamates (subject to hydrolysis) is 1. The van der Waals surface area contributed by atoms with Crippen molar-refractivity contribution in [2.75, 3.05) is 25.4 Å². The molecule has 3 aliphatic heterocycles. The number of thioether (sulfide) groups is 1. The highest BCUT2D eigenvalue weighted by molar-refractivity contribution is 8.00. The molecule has 0 aromatic heterocycles. The Morgan fingerprint density at radius 2 is 2.00 bits per heavy atom. The summed E-state index contributed by atoms with van der Waals surface area (Å²) >= 11 is 1.55. The molecule has 3 rings (SSSR count). The van der Waals surface area contributed by atoms with E-state index >= 15 is 0 Å². The van der Waals surface area contributed by atoms with Crippen LogP contribution in [0.3, 0.4) is 0 Å². The molecule has 4 N–H and O–H groups in total. The zero-order valence-electron chi connectivity index (χ0n) is 16.5. The van der Waals surface area contributed by atoms with Gasteiger partial charge in [-0.15, -0.1) is 11.8 Å². The van der Waals surface area contributed by atoms with Gasteiger partial charge in [0.05, 0.1) is 23.4 Å². The molecule has 4 atom stereocenters. The van der Waals surface area contributed by atoms with E-state index in [1.165, 1.54) is 0 Å². The molecule has 3 heterocycles. The van der Waals surface area contributed by atoms with Gasteiger partial charge in [0.15, 0.2) is 0 Å². The molecule has 28 heavy (non-hydrogen) atoms. The van der Waals surface area contributed by atoms with Crippen molar-refractivity contribution in [1.29, 1.82) is 0 Å². The second-order valence-electron chi connectivity index (χ2n) is 7.50. The van der Waals surface area contributed by atoms with Crippen molar-refractivity contribution >= 4 is 29.7 Å². The number of rotatable bonds is 6. The number of carbonyl (C=O) groups excluding carboxylic acids is 3. The normalized spacial score (nSPS) is 30.1. The smallest absolute Gasteiger partial charge is 0.414 e. The summed E-state index contributed by atoms with van der Waals surface area (Å²) in [4.78, 5) is 37.2. The maximum atomic E-state index is 12.7. The summed E-state index contributed by atoms with van der Waals surface area (Å²) in [5.41, 5.74) is 3.28. The molecule has 0 saturated carbocycles. The first-order valence-electron chi connectivity index (χ1n) is 10.2. The number of imide groups is 1. The monoisotopic (exact) mass is 413 g/mol. The second-order valence-corrected chi connectivity index (χ2v) is 8.75. The fraction of sp³-hybridized carbons (Fsp3) is 0.833. The van der Waals surface area contributed by atoms with Crippen molar-refractivity contribution in [2.24, 2.45) is 11.8 Å². The van der Waals surface area contributed by atoms with Crippen molar-refractivity contribution in [3.63, 3.8) is 0 Å². The van der Waals surface area contributed by atoms with Gasteiger partial charge in [-0.05, 0) is 31.4 Å². The highest BCUT2D eigenvalue weighted by Gasteiger charge is 2.39. The number of carbonyl (C=O) groups is 3. The molecular formula is C18H31N5O4S. The Labute approximate surface area is 170 Å². The largest absolute Gasteiger partial charge is 0.446 e. The Balaban J connectivity index is 1.49. The maximum Gasteiger partial charge on any atom is 0.414 e. The lowest BCUT2D eigenvalue weighted by molar-refractivity contribution is -0.128. The van der Waals surface area contributed by atoms with Crippen molar-refractivity contribution < 1.29 is 19.1 Å². The molecular weight excluding hydrogens is 382 g/mol. The zero-order valence-corrected chi connectivity index (χ0v) is 17.3. The lowest BCUT2D eigenvalue weighted by Gasteiger charge is -2.35. The Morgan fingerprint density at radius 1 is 1.21 bits per heavy atom. The maximum absolute atomic E-state index is 12.7. The first kappa shape index (κ1) is 21.4. The molecule has 10 heteroatoms. The predicted molar refractivity (Wildman–Crippen MR) is 106 cm³/mol. The van der Waals surface area contributed by atoms with Crippen LogP contribution in [-0.2, 0) is 14.3 Å². The van der Waals surface area contributed by atoms with Crippen molar-refractivity contribution in [2.45, 2.75) is 57.2 Å². The third-order valence-corrected chi connectivity index (χ3v) is 6.90. The quantitative estimate of drug-likeness (QED) is 0.495. The van der Waals surface area contributed by atoms with Gasteiger partial charge in [-0.1, -0.05) is 13.8 Å². The van der Waals surface area contributed by atoms with Gasteiger partial charge in [0.25, 0.3) is 0 Å². The number of hydrazine groups is 1. The lowest BCUT2D eigenvalue weighted by Crippen LogP contribution is -2.59. The number of hydrogen-bond donors (Lipinski definition) is 4. The Bertz CT molecular complexity index is 588. The SMILES string of the molecule is CCC(CC)OC(=O)NC(=O)C1CCSC1NC(=O)C1CNC2CCNN2C1. The van der Waals surface area contributed by atoms with E-state index in [1.54, 1.807) is 11.8 Å². The van der Waals surface area contributed by atoms with E-state index < -0.39 is 12.0 Å². The molecule has 3 saturated heterocycles. The third kappa shape index (κ3) is 5.16. The molecule has 9 nitrogen and oxygen atoms in total. The summed E-state index contributed by atoms with van der Waals surface area (Å²) < 4.78 is 5.24. The van der Waals surface area contributed by atoms with Crippen LogP contribution in [0.15, 0.2) is 0 Å². The Hall–Kier alpha value is -1.36. The van der Waals surface area contributed by atoms with E-state index in [1.807, 2.05) is 13.8 Å². The summed E-state index contributed by atoms with van der Waals surface area (Å²) in [7, 11) is 0. The van der Waals surface area contributed by atoms with E-state index in [2.05, 4.69) is 26.4 Å². The van der Waals surface area contributed by atoms with Gasteiger partial charge < -0.3 is 10.1 Å².